The van der Waals surface area contributed by atoms with Crippen molar-refractivity contribution < 1.29 is 0 Å². The maximum absolute atomic E-state index is 4.47. The molecule has 0 aliphatic heterocycles. The van der Waals surface area contributed by atoms with Gasteiger partial charge in [-0.3, -0.25) is 5.10 Å². The van der Waals surface area contributed by atoms with Crippen LogP contribution < -0.4 is 5.32 Å². The van der Waals surface area contributed by atoms with Crippen molar-refractivity contribution in [1.29, 1.82) is 0 Å². The molecule has 2 aromatic heterocycles. The SMILES string of the molecule is CNC(C)c1sc(-c2ncn[nH]2)nc1C. The first-order valence-electron chi connectivity index (χ1n) is 4.72. The van der Waals surface area contributed by atoms with Crippen molar-refractivity contribution in [1.82, 2.24) is 25.5 Å². The molecule has 2 N–H and O–H groups in total. The summed E-state index contributed by atoms with van der Waals surface area (Å²) in [6.07, 6.45) is 1.49. The Morgan fingerprint density at radius 1 is 1.53 bits per heavy atom. The van der Waals surface area contributed by atoms with Crippen LogP contribution in [0.1, 0.15) is 23.5 Å². The van der Waals surface area contributed by atoms with Crippen molar-refractivity contribution in [3.63, 3.8) is 0 Å². The highest BCUT2D eigenvalue weighted by Gasteiger charge is 2.14. The third-order valence-electron chi connectivity index (χ3n) is 2.28. The number of aromatic nitrogens is 4. The molecule has 80 valence electrons. The van der Waals surface area contributed by atoms with Gasteiger partial charge in [0.05, 0.1) is 5.69 Å². The lowest BCUT2D eigenvalue weighted by molar-refractivity contribution is 0.658. The molecule has 2 aromatic rings. The third kappa shape index (κ3) is 1.91. The minimum absolute atomic E-state index is 0.319. The molecule has 0 saturated carbocycles. The Labute approximate surface area is 92.0 Å². The molecular weight excluding hydrogens is 210 g/mol. The number of H-pyrrole nitrogens is 1. The summed E-state index contributed by atoms with van der Waals surface area (Å²) >= 11 is 1.64. The van der Waals surface area contributed by atoms with Crippen LogP contribution in [0.2, 0.25) is 0 Å². The average molecular weight is 223 g/mol. The molecule has 0 radical (unpaired) electrons. The molecule has 0 aromatic carbocycles. The van der Waals surface area contributed by atoms with E-state index in [1.807, 2.05) is 14.0 Å². The van der Waals surface area contributed by atoms with Gasteiger partial charge in [0.1, 0.15) is 6.33 Å². The van der Waals surface area contributed by atoms with E-state index in [-0.39, 0.29) is 0 Å². The molecule has 2 heterocycles. The molecule has 6 heteroatoms. The molecule has 1 atom stereocenters. The van der Waals surface area contributed by atoms with Crippen molar-refractivity contribution in [2.24, 2.45) is 0 Å². The Morgan fingerprint density at radius 2 is 2.33 bits per heavy atom. The maximum Gasteiger partial charge on any atom is 0.184 e. The van der Waals surface area contributed by atoms with E-state index in [1.54, 1.807) is 11.3 Å². The van der Waals surface area contributed by atoms with Gasteiger partial charge in [-0.2, -0.15) is 5.10 Å². The van der Waals surface area contributed by atoms with Gasteiger partial charge in [-0.25, -0.2) is 9.97 Å². The highest BCUT2D eigenvalue weighted by atomic mass is 32.1. The molecule has 0 aliphatic rings. The topological polar surface area (TPSA) is 66.5 Å². The van der Waals surface area contributed by atoms with Crippen molar-refractivity contribution in [3.05, 3.63) is 16.9 Å². The number of nitrogens with zero attached hydrogens (tertiary/aromatic N) is 3. The standard InChI is InChI=1S/C9H13N5S/c1-5(10-3)7-6(2)13-9(15-7)8-11-4-12-14-8/h4-5,10H,1-3H3,(H,11,12,14). The number of hydrogen-bond donors (Lipinski definition) is 2. The van der Waals surface area contributed by atoms with Crippen LogP contribution in [0.25, 0.3) is 10.8 Å². The number of aryl methyl sites for hydroxylation is 1. The van der Waals surface area contributed by atoms with Crippen LogP contribution in [0.15, 0.2) is 6.33 Å². The fourth-order valence-corrected chi connectivity index (χ4v) is 2.42. The van der Waals surface area contributed by atoms with Crippen molar-refractivity contribution in [3.8, 4) is 10.8 Å². The summed E-state index contributed by atoms with van der Waals surface area (Å²) in [4.78, 5) is 9.79. The lowest BCUT2D eigenvalue weighted by Gasteiger charge is -2.06. The van der Waals surface area contributed by atoms with Gasteiger partial charge in [0.2, 0.25) is 0 Å². The Kier molecular flexibility index (Phi) is 2.79. The summed E-state index contributed by atoms with van der Waals surface area (Å²) in [5, 5.41) is 10.7. The zero-order valence-corrected chi connectivity index (χ0v) is 9.72. The molecule has 0 bridgehead atoms. The highest BCUT2D eigenvalue weighted by molar-refractivity contribution is 7.15. The monoisotopic (exact) mass is 223 g/mol. The van der Waals surface area contributed by atoms with Crippen LogP contribution in [0.3, 0.4) is 0 Å². The van der Waals surface area contributed by atoms with E-state index in [0.717, 1.165) is 16.5 Å². The summed E-state index contributed by atoms with van der Waals surface area (Å²) < 4.78 is 0. The minimum Gasteiger partial charge on any atom is -0.312 e. The second-order valence-electron chi connectivity index (χ2n) is 3.31. The highest BCUT2D eigenvalue weighted by Crippen LogP contribution is 2.29. The molecule has 5 nitrogen and oxygen atoms in total. The summed E-state index contributed by atoms with van der Waals surface area (Å²) in [5.74, 6) is 0.734. The van der Waals surface area contributed by atoms with E-state index in [4.69, 9.17) is 0 Å². The summed E-state index contributed by atoms with van der Waals surface area (Å²) in [6.45, 7) is 4.13. The van der Waals surface area contributed by atoms with Gasteiger partial charge in [0, 0.05) is 10.9 Å². The quantitative estimate of drug-likeness (QED) is 0.828. The first-order valence-corrected chi connectivity index (χ1v) is 5.54. The van der Waals surface area contributed by atoms with Gasteiger partial charge in [-0.05, 0) is 20.9 Å². The van der Waals surface area contributed by atoms with Crippen LogP contribution in [-0.4, -0.2) is 27.2 Å². The lowest BCUT2D eigenvalue weighted by Crippen LogP contribution is -2.11. The number of rotatable bonds is 3. The fraction of sp³-hybridized carbons (Fsp3) is 0.444. The Hall–Kier alpha value is -1.27. The van der Waals surface area contributed by atoms with Crippen molar-refractivity contribution >= 4 is 11.3 Å². The molecule has 2 rings (SSSR count). The largest absolute Gasteiger partial charge is 0.312 e. The van der Waals surface area contributed by atoms with E-state index >= 15 is 0 Å². The van der Waals surface area contributed by atoms with Gasteiger partial charge in [0.25, 0.3) is 0 Å². The number of aromatic amines is 1. The molecule has 0 saturated heterocycles. The van der Waals surface area contributed by atoms with Crippen molar-refractivity contribution in [2.75, 3.05) is 7.05 Å². The van der Waals surface area contributed by atoms with E-state index in [9.17, 15) is 0 Å². The molecule has 0 amide bonds. The average Bonchev–Trinajstić information content (AvgIpc) is 2.84. The maximum atomic E-state index is 4.47. The van der Waals surface area contributed by atoms with Gasteiger partial charge >= 0.3 is 0 Å². The zero-order valence-electron chi connectivity index (χ0n) is 8.90. The Balaban J connectivity index is 2.37. The van der Waals surface area contributed by atoms with Gasteiger partial charge in [-0.1, -0.05) is 0 Å². The molecule has 0 aliphatic carbocycles. The Morgan fingerprint density at radius 3 is 2.93 bits per heavy atom. The third-order valence-corrected chi connectivity index (χ3v) is 3.62. The first-order chi connectivity index (χ1) is 7.22. The zero-order chi connectivity index (χ0) is 10.8. The van der Waals surface area contributed by atoms with Crippen LogP contribution in [0.4, 0.5) is 0 Å². The van der Waals surface area contributed by atoms with Crippen LogP contribution >= 0.6 is 11.3 Å². The number of nitrogens with one attached hydrogen (secondary N) is 2. The van der Waals surface area contributed by atoms with Crippen LogP contribution in [0, 0.1) is 6.92 Å². The normalized spacial score (nSPS) is 13.0. The summed E-state index contributed by atoms with van der Waals surface area (Å²) in [5.41, 5.74) is 1.05. The molecule has 1 unspecified atom stereocenters. The summed E-state index contributed by atoms with van der Waals surface area (Å²) in [7, 11) is 1.94. The number of hydrogen-bond acceptors (Lipinski definition) is 5. The van der Waals surface area contributed by atoms with Gasteiger partial charge < -0.3 is 5.32 Å². The number of thiazole rings is 1. The lowest BCUT2D eigenvalue weighted by atomic mass is 10.2. The molecule has 0 spiro atoms. The smallest absolute Gasteiger partial charge is 0.184 e. The van der Waals surface area contributed by atoms with Crippen molar-refractivity contribution in [2.45, 2.75) is 19.9 Å². The molecule has 0 fully saturated rings. The second kappa shape index (κ2) is 4.08. The second-order valence-corrected chi connectivity index (χ2v) is 4.34. The molecule has 15 heavy (non-hydrogen) atoms. The predicted octanol–water partition coefficient (Wildman–Crippen LogP) is 1.52. The predicted molar refractivity (Wildman–Crippen MR) is 59.7 cm³/mol. The van der Waals surface area contributed by atoms with Gasteiger partial charge in [-0.15, -0.1) is 11.3 Å². The van der Waals surface area contributed by atoms with Crippen LogP contribution in [0.5, 0.6) is 0 Å². The van der Waals surface area contributed by atoms with E-state index < -0.39 is 0 Å². The van der Waals surface area contributed by atoms with Gasteiger partial charge in [0.15, 0.2) is 10.8 Å². The van der Waals surface area contributed by atoms with E-state index in [1.165, 1.54) is 11.2 Å². The fourth-order valence-electron chi connectivity index (χ4n) is 1.35. The van der Waals surface area contributed by atoms with E-state index in [2.05, 4.69) is 32.4 Å². The molecular formula is C9H13N5S. The Bertz CT molecular complexity index is 433. The first kappa shape index (κ1) is 10.3. The van der Waals surface area contributed by atoms with E-state index in [0.29, 0.717) is 6.04 Å². The summed E-state index contributed by atoms with van der Waals surface area (Å²) in [6, 6.07) is 0.319. The minimum atomic E-state index is 0.319. The van der Waals surface area contributed by atoms with Crippen LogP contribution in [-0.2, 0) is 0 Å².